The first-order chi connectivity index (χ1) is 9.54. The van der Waals surface area contributed by atoms with E-state index in [1.54, 1.807) is 6.07 Å². The topological polar surface area (TPSA) is 94.8 Å². The standard InChI is InChI=1S/C13H17N3O3S/c17-13-14-11-7-6-10(8-12(11)15-13)20(18,19)16-9-4-2-1-3-5-9/h6-9,16H,1-5H2,(H2,14,15,17). The molecule has 1 aromatic heterocycles. The van der Waals surface area contributed by atoms with Gasteiger partial charge >= 0.3 is 5.69 Å². The van der Waals surface area contributed by atoms with Crippen molar-refractivity contribution in [2.24, 2.45) is 0 Å². The summed E-state index contributed by atoms with van der Waals surface area (Å²) in [5, 5.41) is 0. The first-order valence-electron chi connectivity index (χ1n) is 6.79. The van der Waals surface area contributed by atoms with Gasteiger partial charge in [-0.05, 0) is 31.0 Å². The second-order valence-corrected chi connectivity index (χ2v) is 6.96. The second-order valence-electron chi connectivity index (χ2n) is 5.24. The zero-order valence-electron chi connectivity index (χ0n) is 11.0. The number of imidazole rings is 1. The maximum Gasteiger partial charge on any atom is 0.323 e. The maximum atomic E-state index is 12.3. The molecule has 3 rings (SSSR count). The smallest absolute Gasteiger partial charge is 0.306 e. The molecule has 7 heteroatoms. The molecule has 108 valence electrons. The van der Waals surface area contributed by atoms with Gasteiger partial charge in [-0.15, -0.1) is 0 Å². The Balaban J connectivity index is 1.89. The molecule has 6 nitrogen and oxygen atoms in total. The van der Waals surface area contributed by atoms with Crippen LogP contribution < -0.4 is 10.4 Å². The number of aromatic amines is 2. The van der Waals surface area contributed by atoms with Crippen LogP contribution in [0.2, 0.25) is 0 Å². The average Bonchev–Trinajstić information content (AvgIpc) is 2.78. The molecule has 1 aromatic carbocycles. The summed E-state index contributed by atoms with van der Waals surface area (Å²) in [6, 6.07) is 4.62. The number of hydrogen-bond acceptors (Lipinski definition) is 3. The summed E-state index contributed by atoms with van der Waals surface area (Å²) in [6.45, 7) is 0. The number of fused-ring (bicyclic) bond motifs is 1. The molecule has 1 heterocycles. The van der Waals surface area contributed by atoms with Crippen LogP contribution in [0.15, 0.2) is 27.9 Å². The Bertz CT molecular complexity index is 770. The second kappa shape index (κ2) is 5.06. The van der Waals surface area contributed by atoms with Gasteiger partial charge in [0.1, 0.15) is 0 Å². The van der Waals surface area contributed by atoms with Gasteiger partial charge in [0.15, 0.2) is 0 Å². The van der Waals surface area contributed by atoms with Crippen LogP contribution in [0.3, 0.4) is 0 Å². The lowest BCUT2D eigenvalue weighted by atomic mass is 9.96. The van der Waals surface area contributed by atoms with E-state index in [0.717, 1.165) is 25.7 Å². The largest absolute Gasteiger partial charge is 0.323 e. The van der Waals surface area contributed by atoms with Crippen molar-refractivity contribution in [2.75, 3.05) is 0 Å². The number of aromatic nitrogens is 2. The molecule has 0 amide bonds. The highest BCUT2D eigenvalue weighted by molar-refractivity contribution is 7.89. The average molecular weight is 295 g/mol. The van der Waals surface area contributed by atoms with Crippen molar-refractivity contribution < 1.29 is 8.42 Å². The minimum atomic E-state index is -3.53. The minimum Gasteiger partial charge on any atom is -0.306 e. The Labute approximate surface area is 116 Å². The van der Waals surface area contributed by atoms with Gasteiger partial charge in [0, 0.05) is 6.04 Å². The van der Waals surface area contributed by atoms with Gasteiger partial charge < -0.3 is 9.97 Å². The number of hydrogen-bond donors (Lipinski definition) is 3. The molecule has 20 heavy (non-hydrogen) atoms. The molecule has 1 fully saturated rings. The number of nitrogens with one attached hydrogen (secondary N) is 3. The molecule has 3 N–H and O–H groups in total. The lowest BCUT2D eigenvalue weighted by Crippen LogP contribution is -2.36. The van der Waals surface area contributed by atoms with Crippen LogP contribution >= 0.6 is 0 Å². The molecule has 0 bridgehead atoms. The first kappa shape index (κ1) is 13.4. The molecule has 0 aliphatic heterocycles. The predicted octanol–water partition coefficient (Wildman–Crippen LogP) is 1.47. The van der Waals surface area contributed by atoms with Crippen molar-refractivity contribution in [1.29, 1.82) is 0 Å². The highest BCUT2D eigenvalue weighted by Gasteiger charge is 2.22. The van der Waals surface area contributed by atoms with Crippen molar-refractivity contribution in [2.45, 2.75) is 43.0 Å². The Kier molecular flexibility index (Phi) is 3.39. The first-order valence-corrected chi connectivity index (χ1v) is 8.27. The number of benzene rings is 1. The van der Waals surface area contributed by atoms with E-state index in [-0.39, 0.29) is 16.6 Å². The van der Waals surface area contributed by atoms with Crippen molar-refractivity contribution in [3.05, 3.63) is 28.7 Å². The Hall–Kier alpha value is -1.60. The predicted molar refractivity (Wildman–Crippen MR) is 76.1 cm³/mol. The molecule has 0 radical (unpaired) electrons. The molecule has 2 aromatic rings. The van der Waals surface area contributed by atoms with Crippen LogP contribution in [0.25, 0.3) is 11.0 Å². The third-order valence-electron chi connectivity index (χ3n) is 3.72. The van der Waals surface area contributed by atoms with E-state index in [1.807, 2.05) is 0 Å². The Morgan fingerprint density at radius 3 is 2.50 bits per heavy atom. The molecule has 1 saturated carbocycles. The summed E-state index contributed by atoms with van der Waals surface area (Å²) < 4.78 is 27.4. The monoisotopic (exact) mass is 295 g/mol. The van der Waals surface area contributed by atoms with Gasteiger partial charge in [-0.2, -0.15) is 0 Å². The van der Waals surface area contributed by atoms with Gasteiger partial charge in [-0.1, -0.05) is 19.3 Å². The van der Waals surface area contributed by atoms with E-state index in [9.17, 15) is 13.2 Å². The summed E-state index contributed by atoms with van der Waals surface area (Å²) in [5.41, 5.74) is 0.767. The number of sulfonamides is 1. The van der Waals surface area contributed by atoms with E-state index in [4.69, 9.17) is 0 Å². The summed E-state index contributed by atoms with van der Waals surface area (Å²) in [4.78, 5) is 16.5. The normalized spacial score (nSPS) is 17.6. The van der Waals surface area contributed by atoms with E-state index >= 15 is 0 Å². The van der Waals surface area contributed by atoms with Crippen LogP contribution in [0, 0.1) is 0 Å². The Morgan fingerprint density at radius 2 is 1.75 bits per heavy atom. The van der Waals surface area contributed by atoms with E-state index < -0.39 is 10.0 Å². The fourth-order valence-electron chi connectivity index (χ4n) is 2.69. The molecule has 1 aliphatic carbocycles. The summed E-state index contributed by atoms with van der Waals surface area (Å²) >= 11 is 0. The van der Waals surface area contributed by atoms with E-state index in [2.05, 4.69) is 14.7 Å². The van der Waals surface area contributed by atoms with Crippen LogP contribution in [0.1, 0.15) is 32.1 Å². The molecule has 0 unspecified atom stereocenters. The number of H-pyrrole nitrogens is 2. The lowest BCUT2D eigenvalue weighted by molar-refractivity contribution is 0.412. The zero-order valence-corrected chi connectivity index (χ0v) is 11.8. The van der Waals surface area contributed by atoms with Crippen molar-refractivity contribution in [3.63, 3.8) is 0 Å². The molecule has 0 atom stereocenters. The van der Waals surface area contributed by atoms with Crippen LogP contribution in [0.5, 0.6) is 0 Å². The van der Waals surface area contributed by atoms with Crippen molar-refractivity contribution in [3.8, 4) is 0 Å². The van der Waals surface area contributed by atoms with Gasteiger partial charge in [-0.25, -0.2) is 17.9 Å². The lowest BCUT2D eigenvalue weighted by Gasteiger charge is -2.22. The van der Waals surface area contributed by atoms with Crippen LogP contribution in [-0.4, -0.2) is 24.4 Å². The van der Waals surface area contributed by atoms with Crippen molar-refractivity contribution in [1.82, 2.24) is 14.7 Å². The molecular weight excluding hydrogens is 278 g/mol. The van der Waals surface area contributed by atoms with Crippen molar-refractivity contribution >= 4 is 21.1 Å². The fraction of sp³-hybridized carbons (Fsp3) is 0.462. The fourth-order valence-corrected chi connectivity index (χ4v) is 4.02. The maximum absolute atomic E-state index is 12.3. The molecular formula is C13H17N3O3S. The molecule has 0 spiro atoms. The minimum absolute atomic E-state index is 0.0229. The van der Waals surface area contributed by atoms with Crippen LogP contribution in [-0.2, 0) is 10.0 Å². The van der Waals surface area contributed by atoms with E-state index in [0.29, 0.717) is 11.0 Å². The zero-order chi connectivity index (χ0) is 14.2. The van der Waals surface area contributed by atoms with E-state index in [1.165, 1.54) is 18.6 Å². The molecule has 0 saturated heterocycles. The SMILES string of the molecule is O=c1[nH]c2ccc(S(=O)(=O)NC3CCCCC3)cc2[nH]1. The summed E-state index contributed by atoms with van der Waals surface area (Å²) in [7, 11) is -3.53. The highest BCUT2D eigenvalue weighted by Crippen LogP contribution is 2.21. The van der Waals surface area contributed by atoms with Gasteiger partial charge in [0.25, 0.3) is 0 Å². The quantitative estimate of drug-likeness (QED) is 0.800. The van der Waals surface area contributed by atoms with Gasteiger partial charge in [-0.3, -0.25) is 0 Å². The summed E-state index contributed by atoms with van der Waals surface area (Å²) in [5.74, 6) is 0. The number of rotatable bonds is 3. The third-order valence-corrected chi connectivity index (χ3v) is 5.24. The Morgan fingerprint density at radius 1 is 1.05 bits per heavy atom. The van der Waals surface area contributed by atoms with Gasteiger partial charge in [0.2, 0.25) is 10.0 Å². The molecule has 1 aliphatic rings. The van der Waals surface area contributed by atoms with Gasteiger partial charge in [0.05, 0.1) is 15.9 Å². The highest BCUT2D eigenvalue weighted by atomic mass is 32.2. The third kappa shape index (κ3) is 2.64. The van der Waals surface area contributed by atoms with Crippen LogP contribution in [0.4, 0.5) is 0 Å². The summed E-state index contributed by atoms with van der Waals surface area (Å²) in [6.07, 6.45) is 5.09.